The first kappa shape index (κ1) is 13.1. The molecule has 0 spiro atoms. The van der Waals surface area contributed by atoms with Crippen LogP contribution in [0.2, 0.25) is 0 Å². The third-order valence-electron chi connectivity index (χ3n) is 3.70. The summed E-state index contributed by atoms with van der Waals surface area (Å²) in [5, 5.41) is 0. The third kappa shape index (κ3) is 1.81. The van der Waals surface area contributed by atoms with E-state index in [-0.39, 0.29) is 0 Å². The van der Waals surface area contributed by atoms with E-state index in [2.05, 4.69) is 13.0 Å². The molecule has 0 aliphatic heterocycles. The molecule has 0 fully saturated rings. The fraction of sp³-hybridized carbons (Fsp3) is 0.125. The molecule has 102 valence electrons. The van der Waals surface area contributed by atoms with E-state index in [0.717, 1.165) is 13.8 Å². The first-order valence-corrected chi connectivity index (χ1v) is 10.7. The summed E-state index contributed by atoms with van der Waals surface area (Å²) in [6.07, 6.45) is 7.27. The van der Waals surface area contributed by atoms with Gasteiger partial charge in [0.05, 0.1) is 0 Å². The van der Waals surface area contributed by atoms with Crippen molar-refractivity contribution in [2.24, 2.45) is 0 Å². The van der Waals surface area contributed by atoms with Crippen LogP contribution in [0.5, 0.6) is 0 Å². The monoisotopic (exact) mass is 330 g/mol. The molecule has 3 heterocycles. The van der Waals surface area contributed by atoms with Gasteiger partial charge in [-0.1, -0.05) is 0 Å². The predicted molar refractivity (Wildman–Crippen MR) is 80.2 cm³/mol. The van der Waals surface area contributed by atoms with Crippen LogP contribution in [-0.4, -0.2) is 13.3 Å². The Bertz CT molecular complexity index is 592. The van der Waals surface area contributed by atoms with Crippen molar-refractivity contribution in [1.29, 1.82) is 0 Å². The zero-order valence-corrected chi connectivity index (χ0v) is 13.6. The maximum absolute atomic E-state index is 5.79. The second-order valence-corrected chi connectivity index (χ2v) is 12.6. The van der Waals surface area contributed by atoms with Crippen LogP contribution in [0.1, 0.15) is 13.8 Å². The molecule has 3 nitrogen and oxygen atoms in total. The van der Waals surface area contributed by atoms with Crippen molar-refractivity contribution in [2.45, 2.75) is 13.8 Å². The summed E-state index contributed by atoms with van der Waals surface area (Å²) in [4.78, 5) is 0. The van der Waals surface area contributed by atoms with Crippen LogP contribution < -0.4 is 13.8 Å². The van der Waals surface area contributed by atoms with E-state index in [1.807, 2.05) is 43.3 Å². The fourth-order valence-electron chi connectivity index (χ4n) is 2.64. The van der Waals surface area contributed by atoms with Gasteiger partial charge in [-0.25, -0.2) is 0 Å². The predicted octanol–water partition coefficient (Wildman–Crippen LogP) is 2.44. The zero-order valence-electron chi connectivity index (χ0n) is 11.5. The van der Waals surface area contributed by atoms with Crippen LogP contribution >= 0.6 is 0 Å². The molecule has 0 unspecified atom stereocenters. The number of hydrogen-bond acceptors (Lipinski definition) is 3. The molecule has 0 saturated heterocycles. The van der Waals surface area contributed by atoms with E-state index in [9.17, 15) is 0 Å². The van der Waals surface area contributed by atoms with Gasteiger partial charge in [0, 0.05) is 0 Å². The first-order chi connectivity index (χ1) is 9.80. The Hall–Kier alpha value is -1.88. The number of allylic oxidation sites excluding steroid dienone is 2. The van der Waals surface area contributed by atoms with Gasteiger partial charge < -0.3 is 0 Å². The van der Waals surface area contributed by atoms with Crippen molar-refractivity contribution < 1.29 is 13.3 Å². The fourth-order valence-corrected chi connectivity index (χ4v) is 11.2. The average molecular weight is 329 g/mol. The maximum atomic E-state index is 5.79. The van der Waals surface area contributed by atoms with Gasteiger partial charge in [-0.05, 0) is 0 Å². The molecule has 0 atom stereocenters. The summed E-state index contributed by atoms with van der Waals surface area (Å²) in [6.45, 7) is 4.18. The van der Waals surface area contributed by atoms with Crippen LogP contribution in [0.15, 0.2) is 78.9 Å². The van der Waals surface area contributed by atoms with Crippen LogP contribution in [0.3, 0.4) is 0 Å². The van der Waals surface area contributed by atoms with Gasteiger partial charge in [0.25, 0.3) is 0 Å². The minimum atomic E-state index is -3.16. The molecule has 0 saturated carbocycles. The van der Waals surface area contributed by atoms with Crippen molar-refractivity contribution in [3.05, 3.63) is 65.7 Å². The van der Waals surface area contributed by atoms with Gasteiger partial charge in [0.2, 0.25) is 0 Å². The molecule has 4 heteroatoms. The minimum absolute atomic E-state index is 0.963. The van der Waals surface area contributed by atoms with Gasteiger partial charge >= 0.3 is 120 Å². The second-order valence-electron chi connectivity index (χ2n) is 4.65. The summed E-state index contributed by atoms with van der Waals surface area (Å²) in [5.41, 5.74) is 0. The molecule has 0 aromatic carbocycles. The summed E-state index contributed by atoms with van der Waals surface area (Å²) in [5.74, 6) is 0. The molecule has 3 aromatic heterocycles. The zero-order chi connectivity index (χ0) is 14.0. The molecular weight excluding hydrogens is 313 g/mol. The quantitative estimate of drug-likeness (QED) is 0.691. The van der Waals surface area contributed by atoms with Gasteiger partial charge in [0.1, 0.15) is 0 Å². The average Bonchev–Trinajstić information content (AvgIpc) is 3.23. The Morgan fingerprint density at radius 1 is 0.850 bits per heavy atom. The summed E-state index contributed by atoms with van der Waals surface area (Å²) < 4.78 is 21.5. The van der Waals surface area contributed by atoms with Crippen LogP contribution in [-0.2, 0) is 0 Å². The molecule has 3 aromatic rings. The van der Waals surface area contributed by atoms with E-state index >= 15 is 0 Å². The van der Waals surface area contributed by atoms with Crippen LogP contribution in [0.4, 0.5) is 0 Å². The van der Waals surface area contributed by atoms with Crippen LogP contribution in [0, 0.1) is 0 Å². The molecule has 0 amide bonds. The van der Waals surface area contributed by atoms with E-state index < -0.39 is 13.3 Å². The Kier molecular flexibility index (Phi) is 3.44. The Balaban J connectivity index is 2.36. The van der Waals surface area contributed by atoms with Crippen molar-refractivity contribution in [2.75, 3.05) is 0 Å². The van der Waals surface area contributed by atoms with E-state index in [1.165, 1.54) is 4.41 Å². The number of rotatable bonds is 4. The molecule has 0 aliphatic carbocycles. The van der Waals surface area contributed by atoms with Gasteiger partial charge in [-0.2, -0.15) is 0 Å². The van der Waals surface area contributed by atoms with Gasteiger partial charge in [-0.3, -0.25) is 0 Å². The number of furan rings is 3. The Morgan fingerprint density at radius 2 is 1.25 bits per heavy atom. The van der Waals surface area contributed by atoms with Crippen molar-refractivity contribution in [1.82, 2.24) is 0 Å². The van der Waals surface area contributed by atoms with E-state index in [0.29, 0.717) is 0 Å². The van der Waals surface area contributed by atoms with Crippen molar-refractivity contribution in [3.63, 3.8) is 0 Å². The second kappa shape index (κ2) is 5.25. The molecule has 0 radical (unpaired) electrons. The molecular formula is C16H16GeO3. The standard InChI is InChI=1S/C16H16GeO3/c1-3-13(2)17(14-7-4-10-18-14,15-8-5-11-19-15)16-9-6-12-20-16/h3-12H,1-2H3/b13-3+. The third-order valence-corrected chi connectivity index (χ3v) is 13.2. The van der Waals surface area contributed by atoms with Crippen LogP contribution in [0.25, 0.3) is 0 Å². The summed E-state index contributed by atoms with van der Waals surface area (Å²) in [7, 11) is 0. The van der Waals surface area contributed by atoms with Gasteiger partial charge in [-0.15, -0.1) is 0 Å². The van der Waals surface area contributed by atoms with E-state index in [1.54, 1.807) is 18.8 Å². The van der Waals surface area contributed by atoms with E-state index in [4.69, 9.17) is 13.3 Å². The Labute approximate surface area is 120 Å². The van der Waals surface area contributed by atoms with Crippen molar-refractivity contribution in [3.8, 4) is 0 Å². The summed E-state index contributed by atoms with van der Waals surface area (Å²) in [6, 6.07) is 11.8. The Morgan fingerprint density at radius 3 is 1.50 bits per heavy atom. The topological polar surface area (TPSA) is 39.4 Å². The summed E-state index contributed by atoms with van der Waals surface area (Å²) >= 11 is -3.16. The molecule has 20 heavy (non-hydrogen) atoms. The molecule has 0 aliphatic rings. The first-order valence-electron chi connectivity index (χ1n) is 6.55. The van der Waals surface area contributed by atoms with Crippen molar-refractivity contribution >= 4 is 27.0 Å². The normalized spacial score (nSPS) is 12.8. The molecule has 0 bridgehead atoms. The molecule has 0 N–H and O–H groups in total. The molecule has 3 rings (SSSR count). The number of hydrogen-bond donors (Lipinski definition) is 0. The van der Waals surface area contributed by atoms with Gasteiger partial charge in [0.15, 0.2) is 0 Å². The SMILES string of the molecule is C/C=[C](\C)[Ge]([c]1ccco1)([c]1ccco1)[c]1ccco1.